The molecule has 0 aliphatic carbocycles. The summed E-state index contributed by atoms with van der Waals surface area (Å²) in [5, 5.41) is 17.3. The zero-order valence-electron chi connectivity index (χ0n) is 17.8. The second kappa shape index (κ2) is 15.5. The minimum Gasteiger partial charge on any atom is -0.508 e. The van der Waals surface area contributed by atoms with Crippen LogP contribution in [0.2, 0.25) is 0 Å². The fourth-order valence-electron chi connectivity index (χ4n) is 1.72. The molecule has 0 atom stereocenters. The molecule has 0 bridgehead atoms. The Morgan fingerprint density at radius 3 is 1.59 bits per heavy atom. The first-order chi connectivity index (χ1) is 14.8. The maximum Gasteiger partial charge on any atom is 0.264 e. The van der Waals surface area contributed by atoms with Gasteiger partial charge in [0.25, 0.3) is 10.1 Å². The molecule has 0 heterocycles. The van der Waals surface area contributed by atoms with Crippen molar-refractivity contribution in [1.29, 1.82) is 0 Å². The number of phenols is 1. The molecule has 2 rings (SSSR count). The summed E-state index contributed by atoms with van der Waals surface area (Å²) < 4.78 is 59.9. The molecular weight excluding hydrogens is 488 g/mol. The van der Waals surface area contributed by atoms with Gasteiger partial charge in [-0.3, -0.25) is 4.18 Å². The molecule has 0 radical (unpaired) electrons. The zero-order valence-corrected chi connectivity index (χ0v) is 20.2. The Balaban J connectivity index is 0.000000518. The largest absolute Gasteiger partial charge is 0.508 e. The summed E-state index contributed by atoms with van der Waals surface area (Å²) in [5.74, 6) is 2.23. The molecule has 0 aliphatic heterocycles. The zero-order chi connectivity index (χ0) is 24.6. The van der Waals surface area contributed by atoms with Crippen molar-refractivity contribution < 1.29 is 45.4 Å². The van der Waals surface area contributed by atoms with Crippen LogP contribution >= 0.6 is 10.7 Å². The van der Waals surface area contributed by atoms with Crippen LogP contribution in [0.1, 0.15) is 0 Å². The third-order valence-electron chi connectivity index (χ3n) is 2.91. The Morgan fingerprint density at radius 1 is 0.781 bits per heavy atom. The lowest BCUT2D eigenvalue weighted by molar-refractivity contribution is 0.201. The van der Waals surface area contributed by atoms with Crippen molar-refractivity contribution in [2.75, 3.05) is 46.0 Å². The molecular formula is C19H27ClO10S2. The average molecular weight is 515 g/mol. The number of halogens is 1. The maximum absolute atomic E-state index is 10.6. The Bertz CT molecular complexity index is 952. The number of hydrogen-bond donors (Lipinski definition) is 2. The fourth-order valence-corrected chi connectivity index (χ4v) is 2.09. The number of phenolic OH excluding ortho intramolecular Hbond substituents is 1. The van der Waals surface area contributed by atoms with E-state index in [4.69, 9.17) is 24.4 Å². The van der Waals surface area contributed by atoms with E-state index in [1.165, 1.54) is 12.1 Å². The number of aliphatic hydroxyl groups is 1. The van der Waals surface area contributed by atoms with Crippen molar-refractivity contribution in [3.63, 3.8) is 0 Å². The quantitative estimate of drug-likeness (QED) is 0.289. The van der Waals surface area contributed by atoms with Gasteiger partial charge in [-0.2, -0.15) is 8.42 Å². The smallest absolute Gasteiger partial charge is 0.264 e. The molecule has 2 aromatic carbocycles. The highest BCUT2D eigenvalue weighted by Crippen LogP contribution is 2.17. The Hall–Kier alpha value is -2.25. The summed E-state index contributed by atoms with van der Waals surface area (Å²) in [6, 6.07) is 13.3. The van der Waals surface area contributed by atoms with Gasteiger partial charge in [-0.25, -0.2) is 8.42 Å². The number of aliphatic hydroxyl groups excluding tert-OH is 1. The summed E-state index contributed by atoms with van der Waals surface area (Å²) in [6.07, 6.45) is 1.93. The third kappa shape index (κ3) is 19.7. The Morgan fingerprint density at radius 2 is 1.19 bits per heavy atom. The van der Waals surface area contributed by atoms with Gasteiger partial charge in [-0.1, -0.05) is 0 Å². The van der Waals surface area contributed by atoms with Crippen LogP contribution in [-0.2, 0) is 23.4 Å². The van der Waals surface area contributed by atoms with Crippen LogP contribution < -0.4 is 14.2 Å². The van der Waals surface area contributed by atoms with Crippen LogP contribution in [0.3, 0.4) is 0 Å². The van der Waals surface area contributed by atoms with E-state index in [1.54, 1.807) is 43.5 Å². The minimum absolute atomic E-state index is 0.000869. The van der Waals surface area contributed by atoms with Crippen LogP contribution in [0.5, 0.6) is 23.0 Å². The highest BCUT2D eigenvalue weighted by Gasteiger charge is 2.01. The normalized spacial score (nSPS) is 10.7. The predicted octanol–water partition coefficient (Wildman–Crippen LogP) is 2.00. The van der Waals surface area contributed by atoms with E-state index in [-0.39, 0.29) is 32.2 Å². The van der Waals surface area contributed by atoms with Gasteiger partial charge in [0.05, 0.1) is 26.2 Å². The van der Waals surface area contributed by atoms with Gasteiger partial charge in [-0.15, -0.1) is 0 Å². The van der Waals surface area contributed by atoms with Gasteiger partial charge in [0.2, 0.25) is 9.05 Å². The van der Waals surface area contributed by atoms with E-state index in [0.717, 1.165) is 18.3 Å². The van der Waals surface area contributed by atoms with Crippen molar-refractivity contribution in [2.45, 2.75) is 0 Å². The number of rotatable bonds is 9. The van der Waals surface area contributed by atoms with Gasteiger partial charge >= 0.3 is 0 Å². The lowest BCUT2D eigenvalue weighted by Crippen LogP contribution is -2.11. The molecule has 2 N–H and O–H groups in total. The van der Waals surface area contributed by atoms with Crippen LogP contribution in [0.15, 0.2) is 48.5 Å². The number of benzene rings is 2. The van der Waals surface area contributed by atoms with Gasteiger partial charge < -0.3 is 24.4 Å². The molecule has 13 heteroatoms. The average Bonchev–Trinajstić information content (AvgIpc) is 2.70. The lowest BCUT2D eigenvalue weighted by Gasteiger charge is -2.06. The molecule has 0 aliphatic rings. The maximum atomic E-state index is 10.6. The van der Waals surface area contributed by atoms with E-state index in [0.29, 0.717) is 11.5 Å². The molecule has 0 saturated carbocycles. The first kappa shape index (κ1) is 29.8. The fraction of sp³-hybridized carbons (Fsp3) is 0.368. The lowest BCUT2D eigenvalue weighted by atomic mass is 10.3. The van der Waals surface area contributed by atoms with Gasteiger partial charge in [0.15, 0.2) is 0 Å². The number of ether oxygens (including phenoxy) is 3. The summed E-state index contributed by atoms with van der Waals surface area (Å²) in [4.78, 5) is 0. The first-order valence-corrected chi connectivity index (χ1v) is 13.4. The van der Waals surface area contributed by atoms with Crippen molar-refractivity contribution in [3.05, 3.63) is 48.5 Å². The summed E-state index contributed by atoms with van der Waals surface area (Å²) in [6.45, 7) is 0.468. The second-order valence-electron chi connectivity index (χ2n) is 5.80. The van der Waals surface area contributed by atoms with E-state index in [9.17, 15) is 16.8 Å². The molecule has 0 aromatic heterocycles. The topological polar surface area (TPSA) is 146 Å². The summed E-state index contributed by atoms with van der Waals surface area (Å²) >= 11 is 0. The molecule has 0 saturated heterocycles. The molecule has 0 amide bonds. The van der Waals surface area contributed by atoms with E-state index >= 15 is 0 Å². The van der Waals surface area contributed by atoms with Gasteiger partial charge in [0.1, 0.15) is 42.8 Å². The van der Waals surface area contributed by atoms with Crippen molar-refractivity contribution in [3.8, 4) is 23.0 Å². The van der Waals surface area contributed by atoms with Crippen LogP contribution in [0.25, 0.3) is 0 Å². The molecule has 10 nitrogen and oxygen atoms in total. The van der Waals surface area contributed by atoms with Crippen molar-refractivity contribution in [2.24, 2.45) is 0 Å². The standard InChI is InChI=1S/C10H14O5S.C8H10O3.CH3ClO2S/c1-13-9-3-5-10(6-4-9)14-7-8-15-16(2,11)12;9-5-6-11-8-3-1-7(10)2-4-8;1-5(2,3)4/h3-6H,7-8H2,1-2H3;1-4,9-10H,5-6H2;1H3. The molecule has 182 valence electrons. The van der Waals surface area contributed by atoms with Crippen molar-refractivity contribution >= 4 is 29.9 Å². The number of aromatic hydroxyl groups is 1. The molecule has 32 heavy (non-hydrogen) atoms. The minimum atomic E-state index is -3.39. The molecule has 0 spiro atoms. The van der Waals surface area contributed by atoms with Gasteiger partial charge in [-0.05, 0) is 48.5 Å². The first-order valence-electron chi connectivity index (χ1n) is 8.87. The third-order valence-corrected chi connectivity index (χ3v) is 3.50. The SMILES string of the molecule is COc1ccc(OCCOS(C)(=O)=O)cc1.CS(=O)(=O)Cl.OCCOc1ccc(O)cc1. The van der Waals surface area contributed by atoms with Crippen LogP contribution in [0, 0.1) is 0 Å². The summed E-state index contributed by atoms with van der Waals surface area (Å²) in [5.41, 5.74) is 0. The molecule has 2 aromatic rings. The van der Waals surface area contributed by atoms with E-state index in [2.05, 4.69) is 14.9 Å². The number of hydrogen-bond acceptors (Lipinski definition) is 10. The molecule has 0 unspecified atom stereocenters. The van der Waals surface area contributed by atoms with E-state index in [1.807, 2.05) is 0 Å². The van der Waals surface area contributed by atoms with Crippen LogP contribution in [-0.4, -0.2) is 73.1 Å². The van der Waals surface area contributed by atoms with E-state index < -0.39 is 19.2 Å². The monoisotopic (exact) mass is 514 g/mol. The predicted molar refractivity (Wildman–Crippen MR) is 121 cm³/mol. The highest BCUT2D eigenvalue weighted by atomic mass is 35.7. The molecule has 0 fully saturated rings. The number of methoxy groups -OCH3 is 1. The Labute approximate surface area is 192 Å². The van der Waals surface area contributed by atoms with Crippen molar-refractivity contribution in [1.82, 2.24) is 0 Å². The highest BCUT2D eigenvalue weighted by molar-refractivity contribution is 8.13. The Kier molecular flexibility index (Phi) is 14.4. The van der Waals surface area contributed by atoms with Gasteiger partial charge in [0, 0.05) is 10.7 Å². The summed E-state index contributed by atoms with van der Waals surface area (Å²) in [7, 11) is -0.502. The van der Waals surface area contributed by atoms with Crippen LogP contribution in [0.4, 0.5) is 0 Å². The second-order valence-corrected chi connectivity index (χ2v) is 10.5.